The molecule has 1 N–H and O–H groups in total. The van der Waals surface area contributed by atoms with Gasteiger partial charge in [-0.05, 0) is 35.9 Å². The lowest BCUT2D eigenvalue weighted by molar-refractivity contribution is -0.129. The Balaban J connectivity index is 1.82. The first kappa shape index (κ1) is 27.9. The Kier molecular flexibility index (Phi) is 10.7. The summed E-state index contributed by atoms with van der Waals surface area (Å²) in [6.45, 7) is 1.68. The molecule has 0 spiro atoms. The van der Waals surface area contributed by atoms with Crippen molar-refractivity contribution in [3.63, 3.8) is 0 Å². The molecule has 0 heterocycles. The largest absolute Gasteiger partial charge is 0.493 e. The highest BCUT2D eigenvalue weighted by Gasteiger charge is 2.25. The fraction of sp³-hybridized carbons (Fsp3) is 0.321. The smallest absolute Gasteiger partial charge is 0.262 e. The predicted molar refractivity (Wildman–Crippen MR) is 136 cm³/mol. The number of nitrogens with zero attached hydrogens (tertiary/aromatic N) is 1. The van der Waals surface area contributed by atoms with Gasteiger partial charge in [-0.3, -0.25) is 9.69 Å². The minimum atomic E-state index is -0.976. The number of para-hydroxylation sites is 1. The van der Waals surface area contributed by atoms with E-state index in [1.165, 1.54) is 30.3 Å². The summed E-state index contributed by atoms with van der Waals surface area (Å²) < 4.78 is 49.3. The van der Waals surface area contributed by atoms with Crippen LogP contribution in [-0.4, -0.2) is 57.9 Å². The number of rotatable bonds is 14. The van der Waals surface area contributed by atoms with E-state index >= 15 is 0 Å². The van der Waals surface area contributed by atoms with E-state index in [1.807, 2.05) is 17.0 Å². The van der Waals surface area contributed by atoms with Crippen molar-refractivity contribution in [1.29, 1.82) is 0 Å². The third kappa shape index (κ3) is 8.44. The third-order valence-electron chi connectivity index (χ3n) is 5.66. The lowest BCUT2D eigenvalue weighted by Gasteiger charge is -2.28. The zero-order valence-corrected chi connectivity index (χ0v) is 21.2. The quantitative estimate of drug-likeness (QED) is 0.348. The predicted octanol–water partition coefficient (Wildman–Crippen LogP) is 4.19. The van der Waals surface area contributed by atoms with Crippen LogP contribution in [0.1, 0.15) is 11.1 Å². The first-order valence-corrected chi connectivity index (χ1v) is 11.8. The molecule has 0 saturated carbocycles. The molecule has 0 fully saturated rings. The summed E-state index contributed by atoms with van der Waals surface area (Å²) in [6.07, 6.45) is -0.976. The van der Waals surface area contributed by atoms with Crippen LogP contribution in [0.3, 0.4) is 0 Å². The number of amides is 1. The van der Waals surface area contributed by atoms with Crippen molar-refractivity contribution in [1.82, 2.24) is 10.2 Å². The van der Waals surface area contributed by atoms with E-state index in [2.05, 4.69) is 5.32 Å². The number of methoxy groups -OCH3 is 3. The van der Waals surface area contributed by atoms with Crippen LogP contribution < -0.4 is 19.5 Å². The van der Waals surface area contributed by atoms with Crippen LogP contribution in [0.5, 0.6) is 17.2 Å². The van der Waals surface area contributed by atoms with Gasteiger partial charge in [0.1, 0.15) is 17.4 Å². The van der Waals surface area contributed by atoms with Crippen LogP contribution in [0, 0.1) is 11.6 Å². The maximum absolute atomic E-state index is 13.8. The van der Waals surface area contributed by atoms with Gasteiger partial charge in [0, 0.05) is 44.9 Å². The molecule has 1 unspecified atom stereocenters. The lowest BCUT2D eigenvalue weighted by Crippen LogP contribution is -2.46. The number of hydrogen-bond acceptors (Lipinski definition) is 6. The third-order valence-corrected chi connectivity index (χ3v) is 5.66. The molecule has 3 aromatic rings. The molecule has 3 aromatic carbocycles. The molecule has 1 atom stereocenters. The maximum atomic E-state index is 13.8. The molecule has 0 bridgehead atoms. The number of halogens is 2. The first-order valence-electron chi connectivity index (χ1n) is 11.8. The van der Waals surface area contributed by atoms with Crippen molar-refractivity contribution in [3.05, 3.63) is 89.5 Å². The summed E-state index contributed by atoms with van der Waals surface area (Å²) in [4.78, 5) is 15.2. The highest BCUT2D eigenvalue weighted by molar-refractivity contribution is 5.81. The molecule has 0 radical (unpaired) electrons. The number of carbonyl (C=O) groups is 1. The summed E-state index contributed by atoms with van der Waals surface area (Å²) >= 11 is 0. The van der Waals surface area contributed by atoms with E-state index in [9.17, 15) is 13.6 Å². The summed E-state index contributed by atoms with van der Waals surface area (Å²) in [7, 11) is 4.73. The van der Waals surface area contributed by atoms with E-state index in [1.54, 1.807) is 45.6 Å². The van der Waals surface area contributed by atoms with Gasteiger partial charge in [0.2, 0.25) is 0 Å². The Bertz CT molecular complexity index is 1140. The van der Waals surface area contributed by atoms with Crippen LogP contribution in [0.15, 0.2) is 66.7 Å². The molecule has 3 rings (SSSR count). The van der Waals surface area contributed by atoms with Crippen LogP contribution in [0.4, 0.5) is 8.78 Å². The van der Waals surface area contributed by atoms with E-state index in [0.717, 1.165) is 11.1 Å². The second-order valence-corrected chi connectivity index (χ2v) is 8.29. The molecule has 198 valence electrons. The van der Waals surface area contributed by atoms with Crippen molar-refractivity contribution in [2.75, 3.05) is 41.0 Å². The summed E-state index contributed by atoms with van der Waals surface area (Å²) in [5.74, 6) is 0.192. The van der Waals surface area contributed by atoms with Gasteiger partial charge in [0.05, 0.1) is 20.8 Å². The van der Waals surface area contributed by atoms with Crippen molar-refractivity contribution in [2.45, 2.75) is 19.2 Å². The molecule has 0 aliphatic carbocycles. The van der Waals surface area contributed by atoms with E-state index < -0.39 is 17.8 Å². The van der Waals surface area contributed by atoms with Crippen LogP contribution in [0.2, 0.25) is 0 Å². The zero-order valence-electron chi connectivity index (χ0n) is 21.2. The van der Waals surface area contributed by atoms with Gasteiger partial charge in [-0.2, -0.15) is 0 Å². The number of hydrogen-bond donors (Lipinski definition) is 1. The van der Waals surface area contributed by atoms with Gasteiger partial charge >= 0.3 is 0 Å². The molecule has 37 heavy (non-hydrogen) atoms. The number of benzene rings is 3. The monoisotopic (exact) mass is 514 g/mol. The van der Waals surface area contributed by atoms with Crippen molar-refractivity contribution < 1.29 is 32.5 Å². The molecule has 0 aliphatic heterocycles. The van der Waals surface area contributed by atoms with Crippen LogP contribution in [0.25, 0.3) is 0 Å². The maximum Gasteiger partial charge on any atom is 0.262 e. The van der Waals surface area contributed by atoms with Gasteiger partial charge in [-0.15, -0.1) is 0 Å². The van der Waals surface area contributed by atoms with Crippen molar-refractivity contribution >= 4 is 5.91 Å². The molecule has 0 saturated heterocycles. The van der Waals surface area contributed by atoms with Gasteiger partial charge in [0.15, 0.2) is 17.6 Å². The Labute approximate surface area is 215 Å². The Morgan fingerprint density at radius 1 is 0.946 bits per heavy atom. The Hall–Kier alpha value is -3.69. The molecule has 0 aromatic heterocycles. The average Bonchev–Trinajstić information content (AvgIpc) is 2.90. The number of nitrogens with one attached hydrogen (secondary N) is 1. The van der Waals surface area contributed by atoms with Crippen LogP contribution in [-0.2, 0) is 22.6 Å². The molecular formula is C28H32F2N2O5. The topological polar surface area (TPSA) is 69.3 Å². The van der Waals surface area contributed by atoms with Crippen molar-refractivity contribution in [3.8, 4) is 17.2 Å². The molecule has 9 heteroatoms. The summed E-state index contributed by atoms with van der Waals surface area (Å²) in [6, 6.07) is 17.1. The zero-order chi connectivity index (χ0) is 26.6. The van der Waals surface area contributed by atoms with Crippen molar-refractivity contribution in [2.24, 2.45) is 0 Å². The highest BCUT2D eigenvalue weighted by atomic mass is 19.1. The van der Waals surface area contributed by atoms with E-state index in [0.29, 0.717) is 31.2 Å². The lowest BCUT2D eigenvalue weighted by atomic mass is 10.1. The fourth-order valence-electron chi connectivity index (χ4n) is 3.79. The first-order chi connectivity index (χ1) is 17.9. The standard InChI is InChI=1S/C28H32F2N2O5/c1-34-15-14-32(18-21-6-4-9-25(35-2)27(21)36-3)19-26(37-24-8-5-7-23(30)16-24)28(33)31-17-20-10-12-22(29)13-11-20/h4-13,16,26H,14-15,17-19H2,1-3H3,(H,31,33). The fourth-order valence-corrected chi connectivity index (χ4v) is 3.79. The average molecular weight is 515 g/mol. The second kappa shape index (κ2) is 14.2. The van der Waals surface area contributed by atoms with Gasteiger partial charge in [0.25, 0.3) is 5.91 Å². The number of carbonyl (C=O) groups excluding carboxylic acids is 1. The summed E-state index contributed by atoms with van der Waals surface area (Å²) in [5, 5.41) is 2.84. The molecular weight excluding hydrogens is 482 g/mol. The molecule has 7 nitrogen and oxygen atoms in total. The van der Waals surface area contributed by atoms with Gasteiger partial charge in [-0.25, -0.2) is 8.78 Å². The molecule has 0 aliphatic rings. The minimum Gasteiger partial charge on any atom is -0.493 e. The molecule has 1 amide bonds. The highest BCUT2D eigenvalue weighted by Crippen LogP contribution is 2.31. The summed E-state index contributed by atoms with van der Waals surface area (Å²) in [5.41, 5.74) is 1.59. The number of ether oxygens (including phenoxy) is 4. The van der Waals surface area contributed by atoms with Gasteiger partial charge in [-0.1, -0.05) is 30.3 Å². The van der Waals surface area contributed by atoms with E-state index in [4.69, 9.17) is 18.9 Å². The Morgan fingerprint density at radius 3 is 2.38 bits per heavy atom. The Morgan fingerprint density at radius 2 is 1.70 bits per heavy atom. The minimum absolute atomic E-state index is 0.176. The van der Waals surface area contributed by atoms with E-state index in [-0.39, 0.29) is 24.7 Å². The second-order valence-electron chi connectivity index (χ2n) is 8.29. The van der Waals surface area contributed by atoms with Crippen LogP contribution >= 0.6 is 0 Å². The van der Waals surface area contributed by atoms with Gasteiger partial charge < -0.3 is 24.3 Å². The SMILES string of the molecule is COCCN(Cc1cccc(OC)c1OC)CC(Oc1cccc(F)c1)C(=O)NCc1ccc(F)cc1. The normalized spacial score (nSPS) is 11.7.